The maximum Gasteiger partial charge on any atom is 0.261 e. The Morgan fingerprint density at radius 2 is 2.08 bits per heavy atom. The summed E-state index contributed by atoms with van der Waals surface area (Å²) in [5, 5.41) is 2.74. The van der Waals surface area contributed by atoms with Crippen LogP contribution in [-0.4, -0.2) is 55.0 Å². The van der Waals surface area contributed by atoms with Crippen molar-refractivity contribution < 1.29 is 19.1 Å². The number of ether oxygens (including phenoxy) is 1. The Kier molecular flexibility index (Phi) is 4.92. The molecule has 1 aromatic rings. The van der Waals surface area contributed by atoms with Gasteiger partial charge in [-0.3, -0.25) is 19.3 Å². The molecule has 24 heavy (non-hydrogen) atoms. The van der Waals surface area contributed by atoms with E-state index < -0.39 is 0 Å². The Labute approximate surface area is 140 Å². The molecule has 0 aliphatic carbocycles. The van der Waals surface area contributed by atoms with Crippen LogP contribution in [0.3, 0.4) is 0 Å². The van der Waals surface area contributed by atoms with Crippen LogP contribution >= 0.6 is 0 Å². The number of nitrogens with one attached hydrogen (secondary N) is 1. The Bertz CT molecular complexity index is 668. The zero-order valence-corrected chi connectivity index (χ0v) is 13.4. The van der Waals surface area contributed by atoms with Crippen molar-refractivity contribution in [1.29, 1.82) is 0 Å². The third-order valence-electron chi connectivity index (χ3n) is 4.31. The molecule has 0 spiro atoms. The highest BCUT2D eigenvalue weighted by atomic mass is 16.5. The highest BCUT2D eigenvalue weighted by molar-refractivity contribution is 6.22. The molecule has 3 N–H and O–H groups in total. The van der Waals surface area contributed by atoms with Gasteiger partial charge in [-0.05, 0) is 44.0 Å². The largest absolute Gasteiger partial charge is 0.376 e. The number of rotatable bonds is 6. The first-order chi connectivity index (χ1) is 11.6. The second kappa shape index (κ2) is 7.11. The van der Waals surface area contributed by atoms with Crippen LogP contribution in [0.4, 0.5) is 0 Å². The molecule has 7 nitrogen and oxygen atoms in total. The number of hydrogen-bond donors (Lipinski definition) is 2. The Balaban J connectivity index is 1.74. The monoisotopic (exact) mass is 331 g/mol. The minimum atomic E-state index is -0.359. The molecule has 1 aromatic carbocycles. The number of nitrogens with two attached hydrogens (primary N) is 1. The normalized spacial score (nSPS) is 19.7. The topological polar surface area (TPSA) is 102 Å². The van der Waals surface area contributed by atoms with E-state index in [9.17, 15) is 14.4 Å². The number of carbonyl (C=O) groups is 3. The highest BCUT2D eigenvalue weighted by Gasteiger charge is 2.37. The van der Waals surface area contributed by atoms with Crippen molar-refractivity contribution in [2.24, 2.45) is 5.73 Å². The van der Waals surface area contributed by atoms with Crippen LogP contribution in [0.25, 0.3) is 0 Å². The molecule has 2 aliphatic heterocycles. The molecule has 1 saturated heterocycles. The molecule has 3 amide bonds. The molecular formula is C17H21N3O4. The summed E-state index contributed by atoms with van der Waals surface area (Å²) in [7, 11) is 0. The third-order valence-corrected chi connectivity index (χ3v) is 4.31. The van der Waals surface area contributed by atoms with E-state index in [0.29, 0.717) is 37.2 Å². The second-order valence-corrected chi connectivity index (χ2v) is 6.01. The van der Waals surface area contributed by atoms with Gasteiger partial charge in [-0.15, -0.1) is 0 Å². The molecular weight excluding hydrogens is 310 g/mol. The van der Waals surface area contributed by atoms with Gasteiger partial charge in [0.2, 0.25) is 0 Å². The minimum Gasteiger partial charge on any atom is -0.376 e. The van der Waals surface area contributed by atoms with Crippen molar-refractivity contribution in [3.8, 4) is 0 Å². The summed E-state index contributed by atoms with van der Waals surface area (Å²) < 4.78 is 5.51. The highest BCUT2D eigenvalue weighted by Crippen LogP contribution is 2.26. The number of amides is 3. The Morgan fingerprint density at radius 3 is 2.79 bits per heavy atom. The summed E-state index contributed by atoms with van der Waals surface area (Å²) in [5.74, 6) is -0.952. The quantitative estimate of drug-likeness (QED) is 0.585. The lowest BCUT2D eigenvalue weighted by Gasteiger charge is -2.17. The number of carbonyl (C=O) groups excluding carboxylic acids is 3. The summed E-state index contributed by atoms with van der Waals surface area (Å²) in [5.41, 5.74) is 6.39. The average molecular weight is 331 g/mol. The Morgan fingerprint density at radius 1 is 1.29 bits per heavy atom. The summed E-state index contributed by atoms with van der Waals surface area (Å²) in [6, 6.07) is 4.60. The van der Waals surface area contributed by atoms with Crippen molar-refractivity contribution in [3.05, 3.63) is 34.9 Å². The lowest BCUT2D eigenvalue weighted by Crippen LogP contribution is -2.36. The van der Waals surface area contributed by atoms with E-state index in [-0.39, 0.29) is 35.9 Å². The fourth-order valence-corrected chi connectivity index (χ4v) is 3.00. The standard InChI is InChI=1S/C17H21N3O4/c18-6-2-7-19-15(21)11-4-5-13-14(9-11)17(23)20(16(13)22)10-12-3-1-8-24-12/h4-5,9,12H,1-3,6-8,10,18H2,(H,19,21). The summed E-state index contributed by atoms with van der Waals surface area (Å²) in [6.07, 6.45) is 2.39. The maximum absolute atomic E-state index is 12.5. The molecule has 7 heteroatoms. The average Bonchev–Trinajstić information content (AvgIpc) is 3.18. The van der Waals surface area contributed by atoms with Crippen LogP contribution in [0.15, 0.2) is 18.2 Å². The predicted molar refractivity (Wildman–Crippen MR) is 86.8 cm³/mol. The number of benzene rings is 1. The molecule has 0 saturated carbocycles. The number of hydrogen-bond acceptors (Lipinski definition) is 5. The van der Waals surface area contributed by atoms with Gasteiger partial charge in [-0.25, -0.2) is 0 Å². The molecule has 1 unspecified atom stereocenters. The van der Waals surface area contributed by atoms with Gasteiger partial charge in [0.1, 0.15) is 0 Å². The molecule has 2 heterocycles. The van der Waals surface area contributed by atoms with Crippen molar-refractivity contribution >= 4 is 17.7 Å². The van der Waals surface area contributed by atoms with E-state index in [4.69, 9.17) is 10.5 Å². The zero-order valence-electron chi connectivity index (χ0n) is 13.4. The van der Waals surface area contributed by atoms with E-state index in [0.717, 1.165) is 12.8 Å². The maximum atomic E-state index is 12.5. The number of fused-ring (bicyclic) bond motifs is 1. The molecule has 0 bridgehead atoms. The lowest BCUT2D eigenvalue weighted by molar-refractivity contribution is 0.0475. The van der Waals surface area contributed by atoms with Gasteiger partial charge in [0.25, 0.3) is 17.7 Å². The molecule has 2 aliphatic rings. The predicted octanol–water partition coefficient (Wildman–Crippen LogP) is 0.540. The summed E-state index contributed by atoms with van der Waals surface area (Å²) in [4.78, 5) is 38.3. The van der Waals surface area contributed by atoms with Crippen LogP contribution in [0.5, 0.6) is 0 Å². The van der Waals surface area contributed by atoms with Gasteiger partial charge in [0.15, 0.2) is 0 Å². The summed E-state index contributed by atoms with van der Waals surface area (Å²) >= 11 is 0. The van der Waals surface area contributed by atoms with E-state index in [1.54, 1.807) is 12.1 Å². The van der Waals surface area contributed by atoms with Crippen LogP contribution in [-0.2, 0) is 4.74 Å². The first-order valence-electron chi connectivity index (χ1n) is 8.22. The van der Waals surface area contributed by atoms with Gasteiger partial charge in [0.05, 0.1) is 23.8 Å². The molecule has 1 atom stereocenters. The van der Waals surface area contributed by atoms with E-state index >= 15 is 0 Å². The number of imide groups is 1. The SMILES string of the molecule is NCCCNC(=O)c1ccc2c(c1)C(=O)N(CC1CCCO1)C2=O. The van der Waals surface area contributed by atoms with Crippen LogP contribution in [0, 0.1) is 0 Å². The van der Waals surface area contributed by atoms with Gasteiger partial charge >= 0.3 is 0 Å². The van der Waals surface area contributed by atoms with Gasteiger partial charge in [0, 0.05) is 18.7 Å². The van der Waals surface area contributed by atoms with E-state index in [2.05, 4.69) is 5.32 Å². The minimum absolute atomic E-state index is 0.0914. The van der Waals surface area contributed by atoms with Crippen molar-refractivity contribution in [3.63, 3.8) is 0 Å². The van der Waals surface area contributed by atoms with Gasteiger partial charge < -0.3 is 15.8 Å². The summed E-state index contributed by atoms with van der Waals surface area (Å²) in [6.45, 7) is 1.91. The fraction of sp³-hybridized carbons (Fsp3) is 0.471. The third kappa shape index (κ3) is 3.18. The van der Waals surface area contributed by atoms with Crippen LogP contribution in [0.2, 0.25) is 0 Å². The fourth-order valence-electron chi connectivity index (χ4n) is 3.00. The van der Waals surface area contributed by atoms with Crippen molar-refractivity contribution in [1.82, 2.24) is 10.2 Å². The molecule has 0 radical (unpaired) electrons. The Hall–Kier alpha value is -2.25. The lowest BCUT2D eigenvalue weighted by atomic mass is 10.1. The van der Waals surface area contributed by atoms with E-state index in [1.807, 2.05) is 0 Å². The van der Waals surface area contributed by atoms with E-state index in [1.165, 1.54) is 11.0 Å². The molecule has 0 aromatic heterocycles. The smallest absolute Gasteiger partial charge is 0.261 e. The zero-order chi connectivity index (χ0) is 17.1. The number of nitrogens with zero attached hydrogens (tertiary/aromatic N) is 1. The molecule has 3 rings (SSSR count). The molecule has 1 fully saturated rings. The first-order valence-corrected chi connectivity index (χ1v) is 8.22. The van der Waals surface area contributed by atoms with Gasteiger partial charge in [-0.2, -0.15) is 0 Å². The van der Waals surface area contributed by atoms with Gasteiger partial charge in [-0.1, -0.05) is 0 Å². The second-order valence-electron chi connectivity index (χ2n) is 6.01. The molecule has 128 valence electrons. The van der Waals surface area contributed by atoms with Crippen LogP contribution < -0.4 is 11.1 Å². The van der Waals surface area contributed by atoms with Crippen molar-refractivity contribution in [2.45, 2.75) is 25.4 Å². The first kappa shape index (κ1) is 16.6. The van der Waals surface area contributed by atoms with Crippen LogP contribution in [0.1, 0.15) is 50.3 Å². The van der Waals surface area contributed by atoms with Crippen molar-refractivity contribution in [2.75, 3.05) is 26.2 Å².